The molecule has 0 spiro atoms. The first-order valence-corrected chi connectivity index (χ1v) is 14.1. The van der Waals surface area contributed by atoms with E-state index in [4.69, 9.17) is 4.74 Å². The van der Waals surface area contributed by atoms with Crippen LogP contribution in [0.1, 0.15) is 22.0 Å². The van der Waals surface area contributed by atoms with Gasteiger partial charge in [-0.3, -0.25) is 9.78 Å². The second kappa shape index (κ2) is 10.5. The van der Waals surface area contributed by atoms with Crippen molar-refractivity contribution in [3.05, 3.63) is 94.3 Å². The van der Waals surface area contributed by atoms with Crippen LogP contribution in [0, 0.1) is 0 Å². The molecule has 1 aliphatic rings. The van der Waals surface area contributed by atoms with Gasteiger partial charge in [0.1, 0.15) is 4.90 Å². The van der Waals surface area contributed by atoms with Gasteiger partial charge in [-0.05, 0) is 41.1 Å². The molecule has 2 aromatic heterocycles. The topological polar surface area (TPSA) is 79.8 Å². The quantitative estimate of drug-likeness (QED) is 0.349. The number of pyridine rings is 1. The molecule has 1 aliphatic heterocycles. The van der Waals surface area contributed by atoms with Crippen LogP contribution in [0.5, 0.6) is 0 Å². The van der Waals surface area contributed by atoms with Crippen molar-refractivity contribution >= 4 is 38.2 Å². The second-order valence-electron chi connectivity index (χ2n) is 8.61. The highest BCUT2D eigenvalue weighted by Crippen LogP contribution is 2.38. The molecular weight excluding hydrogens is 494 g/mol. The molecule has 5 rings (SSSR count). The fourth-order valence-electron chi connectivity index (χ4n) is 4.72. The number of thiophene rings is 1. The Bertz CT molecular complexity index is 1470. The van der Waals surface area contributed by atoms with Crippen molar-refractivity contribution in [2.75, 3.05) is 33.4 Å². The molecule has 9 heteroatoms. The van der Waals surface area contributed by atoms with Crippen LogP contribution in [0.2, 0.25) is 0 Å². The van der Waals surface area contributed by atoms with E-state index >= 15 is 0 Å². The van der Waals surface area contributed by atoms with Gasteiger partial charge in [0.15, 0.2) is 0 Å². The molecule has 0 saturated carbocycles. The lowest BCUT2D eigenvalue weighted by molar-refractivity contribution is -0.133. The molecule has 0 saturated heterocycles. The Morgan fingerprint density at radius 2 is 1.92 bits per heavy atom. The molecule has 0 unspecified atom stereocenters. The lowest BCUT2D eigenvalue weighted by Crippen LogP contribution is -2.47. The first-order valence-electron chi connectivity index (χ1n) is 11.7. The minimum atomic E-state index is -4.02. The van der Waals surface area contributed by atoms with Crippen LogP contribution in [0.15, 0.2) is 83.2 Å². The van der Waals surface area contributed by atoms with Crippen molar-refractivity contribution in [1.29, 1.82) is 0 Å². The molecule has 0 aliphatic carbocycles. The maximum absolute atomic E-state index is 13.8. The summed E-state index contributed by atoms with van der Waals surface area (Å²) < 4.78 is 34.1. The summed E-state index contributed by atoms with van der Waals surface area (Å²) in [5.41, 5.74) is 2.50. The summed E-state index contributed by atoms with van der Waals surface area (Å²) in [5, 5.41) is 2.78. The first-order chi connectivity index (χ1) is 17.5. The lowest BCUT2D eigenvalue weighted by Gasteiger charge is -2.37. The lowest BCUT2D eigenvalue weighted by atomic mass is 9.93. The van der Waals surface area contributed by atoms with Crippen LogP contribution in [0.25, 0.3) is 10.9 Å². The van der Waals surface area contributed by atoms with Crippen molar-refractivity contribution < 1.29 is 17.9 Å². The molecule has 0 radical (unpaired) electrons. The fourth-order valence-corrected chi connectivity index (χ4v) is 7.17. The summed E-state index contributed by atoms with van der Waals surface area (Å²) >= 11 is 1.70. The van der Waals surface area contributed by atoms with Gasteiger partial charge in [0.2, 0.25) is 15.9 Å². The van der Waals surface area contributed by atoms with Gasteiger partial charge in [0.05, 0.1) is 24.7 Å². The number of hydrogen-bond acceptors (Lipinski definition) is 6. The van der Waals surface area contributed by atoms with E-state index in [2.05, 4.69) is 16.4 Å². The molecular formula is C27H27N3O4S2. The van der Waals surface area contributed by atoms with Crippen LogP contribution >= 0.6 is 11.3 Å². The second-order valence-corrected chi connectivity index (χ2v) is 11.5. The average molecular weight is 522 g/mol. The number of benzene rings is 2. The number of nitrogens with zero attached hydrogens (tertiary/aromatic N) is 3. The number of para-hydroxylation sites is 1. The smallest absolute Gasteiger partial charge is 0.245 e. The van der Waals surface area contributed by atoms with E-state index in [1.165, 1.54) is 16.3 Å². The minimum Gasteiger partial charge on any atom is -0.383 e. The number of hydrogen-bond donors (Lipinski definition) is 0. The van der Waals surface area contributed by atoms with E-state index in [9.17, 15) is 13.2 Å². The highest BCUT2D eigenvalue weighted by atomic mass is 32.2. The maximum atomic E-state index is 13.8. The molecule has 4 aromatic rings. The largest absolute Gasteiger partial charge is 0.383 e. The van der Waals surface area contributed by atoms with E-state index in [1.54, 1.807) is 40.6 Å². The van der Waals surface area contributed by atoms with E-state index in [-0.39, 0.29) is 36.5 Å². The van der Waals surface area contributed by atoms with Crippen LogP contribution in [0.4, 0.5) is 0 Å². The Morgan fingerprint density at radius 1 is 1.11 bits per heavy atom. The number of amides is 1. The normalized spacial score (nSPS) is 15.8. The number of carbonyl (C=O) groups excluding carboxylic acids is 1. The minimum absolute atomic E-state index is 0.0569. The summed E-state index contributed by atoms with van der Waals surface area (Å²) in [5.74, 6) is -0.242. The number of aromatic nitrogens is 1. The van der Waals surface area contributed by atoms with Crippen molar-refractivity contribution in [3.8, 4) is 0 Å². The first kappa shape index (κ1) is 24.6. The summed E-state index contributed by atoms with van der Waals surface area (Å²) in [4.78, 5) is 21.3. The summed E-state index contributed by atoms with van der Waals surface area (Å²) in [6.07, 6.45) is 2.32. The van der Waals surface area contributed by atoms with Crippen LogP contribution < -0.4 is 0 Å². The third kappa shape index (κ3) is 4.67. The van der Waals surface area contributed by atoms with Crippen molar-refractivity contribution in [1.82, 2.24) is 14.2 Å². The van der Waals surface area contributed by atoms with Gasteiger partial charge >= 0.3 is 0 Å². The monoisotopic (exact) mass is 521 g/mol. The van der Waals surface area contributed by atoms with E-state index < -0.39 is 10.0 Å². The third-order valence-corrected chi connectivity index (χ3v) is 9.34. The molecule has 0 fully saturated rings. The van der Waals surface area contributed by atoms with Gasteiger partial charge in [0.25, 0.3) is 0 Å². The third-order valence-electron chi connectivity index (χ3n) is 6.47. The average Bonchev–Trinajstić information content (AvgIpc) is 3.39. The number of methoxy groups -OCH3 is 1. The predicted molar refractivity (Wildman–Crippen MR) is 140 cm³/mol. The van der Waals surface area contributed by atoms with Crippen molar-refractivity contribution in [2.45, 2.75) is 17.4 Å². The summed E-state index contributed by atoms with van der Waals surface area (Å²) in [6, 6.07) is 20.4. The highest BCUT2D eigenvalue weighted by molar-refractivity contribution is 7.89. The van der Waals surface area contributed by atoms with Gasteiger partial charge in [-0.25, -0.2) is 8.42 Å². The Balaban J connectivity index is 1.49. The van der Waals surface area contributed by atoms with E-state index in [1.807, 2.05) is 42.5 Å². The van der Waals surface area contributed by atoms with Gasteiger partial charge in [0, 0.05) is 36.7 Å². The van der Waals surface area contributed by atoms with Crippen molar-refractivity contribution in [3.63, 3.8) is 0 Å². The Labute approximate surface area is 215 Å². The van der Waals surface area contributed by atoms with Crippen molar-refractivity contribution in [2.24, 2.45) is 0 Å². The van der Waals surface area contributed by atoms with E-state index in [0.29, 0.717) is 12.1 Å². The molecule has 186 valence electrons. The number of carbonyl (C=O) groups is 1. The number of rotatable bonds is 8. The summed E-state index contributed by atoms with van der Waals surface area (Å²) in [6.45, 7) is 0.473. The predicted octanol–water partition coefficient (Wildman–Crippen LogP) is 4.11. The maximum Gasteiger partial charge on any atom is 0.245 e. The van der Waals surface area contributed by atoms with Gasteiger partial charge in [-0.2, -0.15) is 4.31 Å². The molecule has 1 atom stereocenters. The molecule has 0 N–H and O–H groups in total. The van der Waals surface area contributed by atoms with E-state index in [0.717, 1.165) is 22.9 Å². The Morgan fingerprint density at radius 3 is 2.72 bits per heavy atom. The number of fused-ring (bicyclic) bond motifs is 2. The van der Waals surface area contributed by atoms with Crippen LogP contribution in [-0.2, 0) is 26.0 Å². The summed E-state index contributed by atoms with van der Waals surface area (Å²) in [7, 11) is -2.51. The fraction of sp³-hybridized carbons (Fsp3) is 0.259. The van der Waals surface area contributed by atoms with Crippen LogP contribution in [-0.4, -0.2) is 61.9 Å². The molecule has 0 bridgehead atoms. The molecule has 3 heterocycles. The Hall–Kier alpha value is -3.11. The van der Waals surface area contributed by atoms with Gasteiger partial charge in [-0.1, -0.05) is 48.5 Å². The highest BCUT2D eigenvalue weighted by Gasteiger charge is 2.36. The van der Waals surface area contributed by atoms with Crippen LogP contribution in [0.3, 0.4) is 0 Å². The van der Waals surface area contributed by atoms with Gasteiger partial charge < -0.3 is 9.64 Å². The number of ether oxygens (including phenoxy) is 1. The zero-order chi connectivity index (χ0) is 25.1. The SMILES string of the molecule is COCCN(CC(=O)N1CCc2sccc2[C@H]1c1ccccc1)S(=O)(=O)c1cccc2cccnc12. The Kier molecular flexibility index (Phi) is 7.15. The van der Waals surface area contributed by atoms with Gasteiger partial charge in [-0.15, -0.1) is 11.3 Å². The molecule has 1 amide bonds. The zero-order valence-electron chi connectivity index (χ0n) is 19.9. The standard InChI is InChI=1S/C27H27N3O4S2/c1-34-17-16-29(36(32,33)24-11-5-9-20-10-6-14-28-26(20)24)19-25(31)30-15-12-23-22(13-18-35-23)27(30)21-7-3-2-4-8-21/h2-11,13-14,18,27H,12,15-17,19H2,1H3/t27-/m1/s1. The molecule has 36 heavy (non-hydrogen) atoms. The zero-order valence-corrected chi connectivity index (χ0v) is 21.5. The molecule has 2 aromatic carbocycles. The molecule has 7 nitrogen and oxygen atoms in total. The number of sulfonamides is 1.